The van der Waals surface area contributed by atoms with Crippen LogP contribution in [0.1, 0.15) is 32.3 Å². The molecule has 0 amide bonds. The van der Waals surface area contributed by atoms with Gasteiger partial charge < -0.3 is 5.32 Å². The first kappa shape index (κ1) is 14.6. The third-order valence-electron chi connectivity index (χ3n) is 2.34. The Kier molecular flexibility index (Phi) is 6.28. The molecule has 0 aliphatic heterocycles. The summed E-state index contributed by atoms with van der Waals surface area (Å²) in [5.74, 6) is -0.248. The van der Waals surface area contributed by atoms with Crippen molar-refractivity contribution in [1.82, 2.24) is 10.7 Å². The Labute approximate surface area is 112 Å². The molecule has 0 saturated carbocycles. The second-order valence-corrected chi connectivity index (χ2v) is 4.19. The van der Waals surface area contributed by atoms with Crippen molar-refractivity contribution in [3.05, 3.63) is 35.6 Å². The van der Waals surface area contributed by atoms with Gasteiger partial charge in [-0.15, -0.1) is 0 Å². The van der Waals surface area contributed by atoms with Gasteiger partial charge in [-0.1, -0.05) is 26.0 Å². The summed E-state index contributed by atoms with van der Waals surface area (Å²) in [6.07, 6.45) is 1.75. The highest BCUT2D eigenvalue weighted by molar-refractivity contribution is 7.80. The van der Waals surface area contributed by atoms with E-state index in [0.29, 0.717) is 5.11 Å². The molecular formula is C13H18FN3S. The van der Waals surface area contributed by atoms with E-state index in [9.17, 15) is 4.39 Å². The van der Waals surface area contributed by atoms with Crippen molar-refractivity contribution in [2.75, 3.05) is 6.54 Å². The Morgan fingerprint density at radius 3 is 2.50 bits per heavy atom. The molecule has 2 N–H and O–H groups in total. The number of hydrogen-bond donors (Lipinski definition) is 2. The molecule has 0 saturated heterocycles. The van der Waals surface area contributed by atoms with Crippen LogP contribution < -0.4 is 10.7 Å². The third kappa shape index (κ3) is 4.79. The molecular weight excluding hydrogens is 249 g/mol. The summed E-state index contributed by atoms with van der Waals surface area (Å²) in [5.41, 5.74) is 4.53. The molecule has 0 bridgehead atoms. The molecule has 0 fully saturated rings. The predicted octanol–water partition coefficient (Wildman–Crippen LogP) is 2.81. The van der Waals surface area contributed by atoms with Crippen molar-refractivity contribution >= 4 is 23.0 Å². The van der Waals surface area contributed by atoms with E-state index in [4.69, 9.17) is 12.2 Å². The molecule has 1 aromatic rings. The van der Waals surface area contributed by atoms with E-state index < -0.39 is 0 Å². The fraction of sp³-hybridized carbons (Fsp3) is 0.385. The highest BCUT2D eigenvalue weighted by Gasteiger charge is 2.02. The lowest BCUT2D eigenvalue weighted by Gasteiger charge is -2.08. The molecule has 0 heterocycles. The average molecular weight is 267 g/mol. The van der Waals surface area contributed by atoms with Crippen LogP contribution in [0.2, 0.25) is 0 Å². The number of rotatable bonds is 5. The first-order valence-electron chi connectivity index (χ1n) is 6.03. The van der Waals surface area contributed by atoms with Gasteiger partial charge in [0.2, 0.25) is 0 Å². The summed E-state index contributed by atoms with van der Waals surface area (Å²) in [5, 5.41) is 7.77. The van der Waals surface area contributed by atoms with Gasteiger partial charge >= 0.3 is 0 Å². The SMILES string of the molecule is CCCNC(=S)N/N=C(/CC)c1ccc(F)cc1. The number of benzene rings is 1. The zero-order valence-electron chi connectivity index (χ0n) is 10.7. The maximum Gasteiger partial charge on any atom is 0.186 e. The van der Waals surface area contributed by atoms with Gasteiger partial charge in [0.25, 0.3) is 0 Å². The summed E-state index contributed by atoms with van der Waals surface area (Å²) in [4.78, 5) is 0. The quantitative estimate of drug-likeness (QED) is 0.489. The second-order valence-electron chi connectivity index (χ2n) is 3.79. The van der Waals surface area contributed by atoms with Crippen LogP contribution in [-0.4, -0.2) is 17.4 Å². The molecule has 0 unspecified atom stereocenters. The minimum absolute atomic E-state index is 0.248. The second kappa shape index (κ2) is 7.76. The Morgan fingerprint density at radius 1 is 1.28 bits per heavy atom. The Balaban J connectivity index is 2.65. The molecule has 0 aliphatic carbocycles. The summed E-state index contributed by atoms with van der Waals surface area (Å²) < 4.78 is 12.8. The zero-order chi connectivity index (χ0) is 13.4. The van der Waals surface area contributed by atoms with Crippen molar-refractivity contribution in [2.45, 2.75) is 26.7 Å². The van der Waals surface area contributed by atoms with Crippen LogP contribution in [0.25, 0.3) is 0 Å². The van der Waals surface area contributed by atoms with E-state index >= 15 is 0 Å². The van der Waals surface area contributed by atoms with Crippen molar-refractivity contribution in [3.63, 3.8) is 0 Å². The normalized spacial score (nSPS) is 11.2. The van der Waals surface area contributed by atoms with Crippen LogP contribution in [0.15, 0.2) is 29.4 Å². The number of hydrazone groups is 1. The lowest BCUT2D eigenvalue weighted by Crippen LogP contribution is -2.33. The van der Waals surface area contributed by atoms with Crippen LogP contribution in [0, 0.1) is 5.82 Å². The summed E-state index contributed by atoms with van der Waals surface area (Å²) in [7, 11) is 0. The smallest absolute Gasteiger partial charge is 0.186 e. The highest BCUT2D eigenvalue weighted by atomic mass is 32.1. The van der Waals surface area contributed by atoms with E-state index in [0.717, 1.165) is 30.7 Å². The standard InChI is InChI=1S/C13H18FN3S/c1-3-9-15-13(18)17-16-12(4-2)10-5-7-11(14)8-6-10/h5-8H,3-4,9H2,1-2H3,(H2,15,17,18)/b16-12-. The monoisotopic (exact) mass is 267 g/mol. The molecule has 1 rings (SSSR count). The first-order chi connectivity index (χ1) is 8.67. The van der Waals surface area contributed by atoms with Crippen LogP contribution in [-0.2, 0) is 0 Å². The van der Waals surface area contributed by atoms with E-state index in [1.807, 2.05) is 6.92 Å². The van der Waals surface area contributed by atoms with Gasteiger partial charge in [-0.05, 0) is 42.8 Å². The number of nitrogens with zero attached hydrogens (tertiary/aromatic N) is 1. The van der Waals surface area contributed by atoms with E-state index in [1.54, 1.807) is 12.1 Å². The maximum absolute atomic E-state index is 12.8. The molecule has 98 valence electrons. The van der Waals surface area contributed by atoms with Gasteiger partial charge in [0.05, 0.1) is 5.71 Å². The summed E-state index contributed by atoms with van der Waals surface area (Å²) in [6.45, 7) is 4.88. The molecule has 0 radical (unpaired) electrons. The Bertz CT molecular complexity index is 415. The van der Waals surface area contributed by atoms with Crippen molar-refractivity contribution in [1.29, 1.82) is 0 Å². The molecule has 0 atom stereocenters. The van der Waals surface area contributed by atoms with Crippen LogP contribution in [0.3, 0.4) is 0 Å². The number of halogens is 1. The molecule has 5 heteroatoms. The molecule has 0 aliphatic rings. The van der Waals surface area contributed by atoms with Crippen LogP contribution >= 0.6 is 12.2 Å². The predicted molar refractivity (Wildman–Crippen MR) is 77.3 cm³/mol. The van der Waals surface area contributed by atoms with Crippen molar-refractivity contribution in [3.8, 4) is 0 Å². The Morgan fingerprint density at radius 2 is 1.94 bits per heavy atom. The first-order valence-corrected chi connectivity index (χ1v) is 6.44. The largest absolute Gasteiger partial charge is 0.361 e. The van der Waals surface area contributed by atoms with E-state index in [1.165, 1.54) is 12.1 Å². The zero-order valence-corrected chi connectivity index (χ0v) is 11.5. The molecule has 0 spiro atoms. The fourth-order valence-corrected chi connectivity index (χ4v) is 1.53. The lowest BCUT2D eigenvalue weighted by molar-refractivity contribution is 0.627. The maximum atomic E-state index is 12.8. The van der Waals surface area contributed by atoms with Gasteiger partial charge in [0.1, 0.15) is 5.82 Å². The van der Waals surface area contributed by atoms with Gasteiger partial charge in [-0.3, -0.25) is 5.43 Å². The van der Waals surface area contributed by atoms with Crippen molar-refractivity contribution < 1.29 is 4.39 Å². The Hall–Kier alpha value is -1.49. The van der Waals surface area contributed by atoms with Gasteiger partial charge in [-0.2, -0.15) is 5.10 Å². The van der Waals surface area contributed by atoms with E-state index in [2.05, 4.69) is 22.8 Å². The average Bonchev–Trinajstić information content (AvgIpc) is 2.39. The molecule has 18 heavy (non-hydrogen) atoms. The lowest BCUT2D eigenvalue weighted by atomic mass is 10.1. The van der Waals surface area contributed by atoms with E-state index in [-0.39, 0.29) is 5.82 Å². The van der Waals surface area contributed by atoms with Crippen molar-refractivity contribution in [2.24, 2.45) is 5.10 Å². The van der Waals surface area contributed by atoms with Gasteiger partial charge in [-0.25, -0.2) is 4.39 Å². The molecule has 0 aromatic heterocycles. The summed E-state index contributed by atoms with van der Waals surface area (Å²) in [6, 6.07) is 6.27. The third-order valence-corrected chi connectivity index (χ3v) is 2.58. The molecule has 1 aromatic carbocycles. The molecule has 3 nitrogen and oxygen atoms in total. The van der Waals surface area contributed by atoms with Crippen LogP contribution in [0.4, 0.5) is 4.39 Å². The minimum Gasteiger partial charge on any atom is -0.361 e. The fourth-order valence-electron chi connectivity index (χ4n) is 1.39. The number of thiocarbonyl (C=S) groups is 1. The number of hydrogen-bond acceptors (Lipinski definition) is 2. The van der Waals surface area contributed by atoms with Crippen LogP contribution in [0.5, 0.6) is 0 Å². The van der Waals surface area contributed by atoms with Gasteiger partial charge in [0.15, 0.2) is 5.11 Å². The number of nitrogens with one attached hydrogen (secondary N) is 2. The highest BCUT2D eigenvalue weighted by Crippen LogP contribution is 2.06. The summed E-state index contributed by atoms with van der Waals surface area (Å²) >= 11 is 5.07. The van der Waals surface area contributed by atoms with Gasteiger partial charge in [0, 0.05) is 6.54 Å². The topological polar surface area (TPSA) is 36.4 Å². The minimum atomic E-state index is -0.248.